The van der Waals surface area contributed by atoms with Crippen molar-refractivity contribution in [1.82, 2.24) is 0 Å². The third-order valence-electron chi connectivity index (χ3n) is 2.25. The third kappa shape index (κ3) is 2.34. The van der Waals surface area contributed by atoms with Crippen LogP contribution in [0.1, 0.15) is 0 Å². The Labute approximate surface area is 95.1 Å². The minimum absolute atomic E-state index is 0.872. The molecule has 0 amide bonds. The quantitative estimate of drug-likeness (QED) is 0.754. The highest BCUT2D eigenvalue weighted by Crippen LogP contribution is 2.25. The molecule has 0 aromatic heterocycles. The molecule has 2 heteroatoms. The van der Waals surface area contributed by atoms with Crippen LogP contribution in [-0.4, -0.2) is 7.11 Å². The second kappa shape index (κ2) is 4.41. The van der Waals surface area contributed by atoms with Gasteiger partial charge < -0.3 is 4.74 Å². The predicted molar refractivity (Wildman–Crippen MR) is 65.7 cm³/mol. The highest BCUT2D eigenvalue weighted by Gasteiger charge is 1.99. The number of hydrogen-bond donors (Lipinski definition) is 1. The summed E-state index contributed by atoms with van der Waals surface area (Å²) in [5.74, 6) is 0.872. The maximum atomic E-state index is 5.19. The van der Waals surface area contributed by atoms with Gasteiger partial charge >= 0.3 is 0 Å². The van der Waals surface area contributed by atoms with E-state index >= 15 is 0 Å². The highest BCUT2D eigenvalue weighted by atomic mass is 32.1. The van der Waals surface area contributed by atoms with Crippen LogP contribution in [0.5, 0.6) is 5.75 Å². The van der Waals surface area contributed by atoms with Gasteiger partial charge in [-0.15, -0.1) is 12.6 Å². The summed E-state index contributed by atoms with van der Waals surface area (Å²) in [6.45, 7) is 0. The first-order valence-electron chi connectivity index (χ1n) is 4.73. The van der Waals surface area contributed by atoms with Crippen molar-refractivity contribution in [2.75, 3.05) is 7.11 Å². The fraction of sp³-hybridized carbons (Fsp3) is 0.0769. The highest BCUT2D eigenvalue weighted by molar-refractivity contribution is 7.80. The van der Waals surface area contributed by atoms with E-state index in [2.05, 4.69) is 24.8 Å². The Morgan fingerprint density at radius 1 is 0.933 bits per heavy atom. The summed E-state index contributed by atoms with van der Waals surface area (Å²) in [6.07, 6.45) is 0. The lowest BCUT2D eigenvalue weighted by molar-refractivity contribution is 0.415. The Hall–Kier alpha value is -1.41. The molecule has 0 radical (unpaired) electrons. The SMILES string of the molecule is COc1cccc(-c2cccc(S)c2)c1. The van der Waals surface area contributed by atoms with Crippen LogP contribution in [0.4, 0.5) is 0 Å². The Morgan fingerprint density at radius 3 is 2.27 bits per heavy atom. The number of hydrogen-bond acceptors (Lipinski definition) is 2. The fourth-order valence-electron chi connectivity index (χ4n) is 1.49. The van der Waals surface area contributed by atoms with Gasteiger partial charge in [-0.2, -0.15) is 0 Å². The molecule has 2 rings (SSSR count). The maximum absolute atomic E-state index is 5.19. The monoisotopic (exact) mass is 216 g/mol. The number of thiol groups is 1. The van der Waals surface area contributed by atoms with Crippen LogP contribution in [0.25, 0.3) is 11.1 Å². The van der Waals surface area contributed by atoms with E-state index in [-0.39, 0.29) is 0 Å². The topological polar surface area (TPSA) is 9.23 Å². The average molecular weight is 216 g/mol. The summed E-state index contributed by atoms with van der Waals surface area (Å²) < 4.78 is 5.19. The van der Waals surface area contributed by atoms with Crippen molar-refractivity contribution in [2.24, 2.45) is 0 Å². The van der Waals surface area contributed by atoms with Gasteiger partial charge in [0.05, 0.1) is 7.11 Å². The molecule has 0 saturated carbocycles. The van der Waals surface area contributed by atoms with E-state index in [0.29, 0.717) is 0 Å². The lowest BCUT2D eigenvalue weighted by Crippen LogP contribution is -1.83. The molecule has 0 atom stereocenters. The lowest BCUT2D eigenvalue weighted by Gasteiger charge is -2.05. The zero-order valence-electron chi connectivity index (χ0n) is 8.47. The van der Waals surface area contributed by atoms with Gasteiger partial charge in [-0.3, -0.25) is 0 Å². The molecule has 0 aliphatic rings. The zero-order valence-corrected chi connectivity index (χ0v) is 9.37. The van der Waals surface area contributed by atoms with Crippen LogP contribution >= 0.6 is 12.6 Å². The zero-order chi connectivity index (χ0) is 10.7. The summed E-state index contributed by atoms with van der Waals surface area (Å²) in [7, 11) is 1.67. The molecule has 1 nitrogen and oxygen atoms in total. The minimum atomic E-state index is 0.872. The van der Waals surface area contributed by atoms with Crippen molar-refractivity contribution >= 4 is 12.6 Å². The van der Waals surface area contributed by atoms with Crippen molar-refractivity contribution < 1.29 is 4.74 Å². The molecular formula is C13H12OS. The second-order valence-electron chi connectivity index (χ2n) is 3.28. The van der Waals surface area contributed by atoms with Gasteiger partial charge in [-0.25, -0.2) is 0 Å². The molecule has 0 unspecified atom stereocenters. The van der Waals surface area contributed by atoms with Gasteiger partial charge in [-0.1, -0.05) is 24.3 Å². The van der Waals surface area contributed by atoms with E-state index in [9.17, 15) is 0 Å². The van der Waals surface area contributed by atoms with Gasteiger partial charge in [0.25, 0.3) is 0 Å². The van der Waals surface area contributed by atoms with Gasteiger partial charge in [0.1, 0.15) is 5.75 Å². The van der Waals surface area contributed by atoms with Crippen LogP contribution in [0.15, 0.2) is 53.4 Å². The molecule has 2 aromatic rings. The van der Waals surface area contributed by atoms with Crippen LogP contribution in [-0.2, 0) is 0 Å². The maximum Gasteiger partial charge on any atom is 0.119 e. The molecular weight excluding hydrogens is 204 g/mol. The summed E-state index contributed by atoms with van der Waals surface area (Å²) in [5, 5.41) is 0. The molecule has 0 heterocycles. The van der Waals surface area contributed by atoms with E-state index in [1.807, 2.05) is 36.4 Å². The van der Waals surface area contributed by atoms with Crippen LogP contribution in [0.3, 0.4) is 0 Å². The van der Waals surface area contributed by atoms with E-state index in [1.165, 1.54) is 0 Å². The first-order chi connectivity index (χ1) is 7.29. The Bertz CT molecular complexity index is 466. The number of rotatable bonds is 2. The first-order valence-corrected chi connectivity index (χ1v) is 5.18. The fourth-order valence-corrected chi connectivity index (χ4v) is 1.71. The molecule has 0 fully saturated rings. The van der Waals surface area contributed by atoms with E-state index in [4.69, 9.17) is 4.74 Å². The first kappa shape index (κ1) is 10.1. The lowest BCUT2D eigenvalue weighted by atomic mass is 10.1. The molecule has 0 spiro atoms. The molecule has 0 aliphatic heterocycles. The summed E-state index contributed by atoms with van der Waals surface area (Å²) in [5.41, 5.74) is 2.30. The van der Waals surface area contributed by atoms with E-state index in [1.54, 1.807) is 7.11 Å². The Morgan fingerprint density at radius 2 is 1.60 bits per heavy atom. The van der Waals surface area contributed by atoms with Gasteiger partial charge in [0.2, 0.25) is 0 Å². The minimum Gasteiger partial charge on any atom is -0.497 e. The molecule has 0 bridgehead atoms. The summed E-state index contributed by atoms with van der Waals surface area (Å²) in [4.78, 5) is 0.968. The smallest absolute Gasteiger partial charge is 0.119 e. The Balaban J connectivity index is 2.44. The second-order valence-corrected chi connectivity index (χ2v) is 3.80. The number of methoxy groups -OCH3 is 1. The molecule has 76 valence electrons. The largest absolute Gasteiger partial charge is 0.497 e. The van der Waals surface area contributed by atoms with Crippen molar-refractivity contribution in [2.45, 2.75) is 4.90 Å². The van der Waals surface area contributed by atoms with Gasteiger partial charge in [0.15, 0.2) is 0 Å². The van der Waals surface area contributed by atoms with Crippen molar-refractivity contribution in [1.29, 1.82) is 0 Å². The van der Waals surface area contributed by atoms with E-state index < -0.39 is 0 Å². The number of ether oxygens (including phenoxy) is 1. The normalized spacial score (nSPS) is 10.0. The van der Waals surface area contributed by atoms with Gasteiger partial charge in [-0.05, 0) is 35.4 Å². The predicted octanol–water partition coefficient (Wildman–Crippen LogP) is 3.65. The van der Waals surface area contributed by atoms with Crippen LogP contribution in [0, 0.1) is 0 Å². The van der Waals surface area contributed by atoms with Crippen molar-refractivity contribution in [3.8, 4) is 16.9 Å². The van der Waals surface area contributed by atoms with Crippen molar-refractivity contribution in [3.63, 3.8) is 0 Å². The van der Waals surface area contributed by atoms with E-state index in [0.717, 1.165) is 21.8 Å². The summed E-state index contributed by atoms with van der Waals surface area (Å²) >= 11 is 4.32. The van der Waals surface area contributed by atoms with Crippen molar-refractivity contribution in [3.05, 3.63) is 48.5 Å². The van der Waals surface area contributed by atoms with Crippen LogP contribution in [0.2, 0.25) is 0 Å². The molecule has 0 aliphatic carbocycles. The number of benzene rings is 2. The Kier molecular flexibility index (Phi) is 2.97. The molecule has 0 N–H and O–H groups in total. The van der Waals surface area contributed by atoms with Gasteiger partial charge in [0, 0.05) is 4.90 Å². The standard InChI is InChI=1S/C13H12OS/c1-14-12-6-2-4-10(8-12)11-5-3-7-13(15)9-11/h2-9,15H,1H3. The third-order valence-corrected chi connectivity index (χ3v) is 2.53. The average Bonchev–Trinajstić information content (AvgIpc) is 2.29. The summed E-state index contributed by atoms with van der Waals surface area (Å²) in [6, 6.07) is 16.1. The van der Waals surface area contributed by atoms with Crippen LogP contribution < -0.4 is 4.74 Å². The molecule has 0 saturated heterocycles. The molecule has 2 aromatic carbocycles. The molecule has 15 heavy (non-hydrogen) atoms.